The molecule has 2 fully saturated rings. The number of benzene rings is 1. The zero-order valence-electron chi connectivity index (χ0n) is 16.6. The van der Waals surface area contributed by atoms with E-state index in [0.29, 0.717) is 23.9 Å². The number of morpholine rings is 1. The van der Waals surface area contributed by atoms with Gasteiger partial charge in [-0.1, -0.05) is 15.9 Å². The van der Waals surface area contributed by atoms with Crippen LogP contribution < -0.4 is 0 Å². The number of thioether (sulfide) groups is 1. The lowest BCUT2D eigenvalue weighted by Gasteiger charge is -2.39. The highest BCUT2D eigenvalue weighted by molar-refractivity contribution is 9.10. The van der Waals surface area contributed by atoms with E-state index >= 15 is 0 Å². The number of hydrogen-bond acceptors (Lipinski definition) is 4. The molecule has 2 atom stereocenters. The summed E-state index contributed by atoms with van der Waals surface area (Å²) in [5, 5.41) is 0. The van der Waals surface area contributed by atoms with Gasteiger partial charge in [-0.15, -0.1) is 11.8 Å². The first-order valence-corrected chi connectivity index (χ1v) is 11.7. The number of halogens is 1. The van der Waals surface area contributed by atoms with Gasteiger partial charge in [0.1, 0.15) is 0 Å². The van der Waals surface area contributed by atoms with Gasteiger partial charge in [0, 0.05) is 42.1 Å². The Balaban J connectivity index is 1.41. The predicted molar refractivity (Wildman–Crippen MR) is 115 cm³/mol. The summed E-state index contributed by atoms with van der Waals surface area (Å²) >= 11 is 5.14. The van der Waals surface area contributed by atoms with Crippen molar-refractivity contribution < 1.29 is 9.53 Å². The number of carbonyl (C=O) groups excluding carboxylic acids is 1. The van der Waals surface area contributed by atoms with Gasteiger partial charge < -0.3 is 9.64 Å². The standard InChI is InChI=1S/C21H31BrN2O2S/c1-15-10-19(22)4-5-20(15)27-14-21(25)24-8-6-18(7-9-24)13-23-11-16(2)26-17(3)12-23/h4-5,10,16-18H,6-9,11-14H2,1-3H3. The first-order chi connectivity index (χ1) is 12.9. The van der Waals surface area contributed by atoms with Gasteiger partial charge in [0.15, 0.2) is 0 Å². The van der Waals surface area contributed by atoms with Gasteiger partial charge in [0.05, 0.1) is 18.0 Å². The normalized spacial score (nSPS) is 25.0. The number of hydrogen-bond donors (Lipinski definition) is 0. The van der Waals surface area contributed by atoms with Gasteiger partial charge >= 0.3 is 0 Å². The van der Waals surface area contributed by atoms with Crippen molar-refractivity contribution in [3.8, 4) is 0 Å². The quantitative estimate of drug-likeness (QED) is 0.624. The summed E-state index contributed by atoms with van der Waals surface area (Å²) in [5.74, 6) is 1.51. The molecule has 1 aromatic carbocycles. The minimum atomic E-state index is 0.273. The molecule has 1 aromatic rings. The number of piperidine rings is 1. The molecule has 0 radical (unpaired) electrons. The number of aryl methyl sites for hydroxylation is 1. The van der Waals surface area contributed by atoms with Crippen LogP contribution in [0.5, 0.6) is 0 Å². The fraction of sp³-hybridized carbons (Fsp3) is 0.667. The fourth-order valence-electron chi connectivity index (χ4n) is 4.17. The summed E-state index contributed by atoms with van der Waals surface area (Å²) in [5.41, 5.74) is 1.22. The molecule has 2 saturated heterocycles. The maximum absolute atomic E-state index is 12.6. The molecule has 4 nitrogen and oxygen atoms in total. The van der Waals surface area contributed by atoms with Gasteiger partial charge in [-0.25, -0.2) is 0 Å². The number of amides is 1. The average Bonchev–Trinajstić information content (AvgIpc) is 2.60. The minimum absolute atomic E-state index is 0.273. The Kier molecular flexibility index (Phi) is 7.65. The van der Waals surface area contributed by atoms with Crippen molar-refractivity contribution in [3.63, 3.8) is 0 Å². The third-order valence-electron chi connectivity index (χ3n) is 5.47. The van der Waals surface area contributed by atoms with Crippen molar-refractivity contribution in [3.05, 3.63) is 28.2 Å². The van der Waals surface area contributed by atoms with E-state index in [0.717, 1.165) is 50.0 Å². The van der Waals surface area contributed by atoms with Crippen LogP contribution >= 0.6 is 27.7 Å². The first kappa shape index (κ1) is 21.2. The maximum atomic E-state index is 12.6. The summed E-state index contributed by atoms with van der Waals surface area (Å²) < 4.78 is 6.92. The Labute approximate surface area is 176 Å². The zero-order chi connectivity index (χ0) is 19.4. The van der Waals surface area contributed by atoms with Crippen LogP contribution in [0.15, 0.2) is 27.6 Å². The van der Waals surface area contributed by atoms with Crippen molar-refractivity contribution >= 4 is 33.6 Å². The van der Waals surface area contributed by atoms with E-state index in [2.05, 4.69) is 58.6 Å². The van der Waals surface area contributed by atoms with Crippen LogP contribution in [0, 0.1) is 12.8 Å². The summed E-state index contributed by atoms with van der Waals surface area (Å²) in [7, 11) is 0. The van der Waals surface area contributed by atoms with Crippen molar-refractivity contribution in [2.24, 2.45) is 5.92 Å². The SMILES string of the molecule is Cc1cc(Br)ccc1SCC(=O)N1CCC(CN2CC(C)OC(C)C2)CC1. The van der Waals surface area contributed by atoms with Gasteiger partial charge in [0.2, 0.25) is 5.91 Å². The van der Waals surface area contributed by atoms with E-state index in [1.807, 2.05) is 6.07 Å². The lowest BCUT2D eigenvalue weighted by Crippen LogP contribution is -2.48. The molecule has 150 valence electrons. The van der Waals surface area contributed by atoms with Crippen molar-refractivity contribution in [1.82, 2.24) is 9.80 Å². The summed E-state index contributed by atoms with van der Waals surface area (Å²) in [4.78, 5) is 18.4. The molecule has 0 aliphatic carbocycles. The average molecular weight is 455 g/mol. The number of nitrogens with zero attached hydrogens (tertiary/aromatic N) is 2. The van der Waals surface area contributed by atoms with Crippen LogP contribution in [0.2, 0.25) is 0 Å². The van der Waals surface area contributed by atoms with Crippen LogP contribution in [-0.2, 0) is 9.53 Å². The second-order valence-electron chi connectivity index (χ2n) is 8.00. The first-order valence-electron chi connectivity index (χ1n) is 9.95. The third kappa shape index (κ3) is 6.21. The maximum Gasteiger partial charge on any atom is 0.232 e. The molecule has 2 heterocycles. The van der Waals surface area contributed by atoms with Crippen molar-refractivity contribution in [2.45, 2.75) is 50.7 Å². The molecule has 2 aliphatic heterocycles. The molecule has 0 spiro atoms. The molecule has 0 N–H and O–H groups in total. The Hall–Kier alpha value is -0.560. The molecule has 0 bridgehead atoms. The van der Waals surface area contributed by atoms with Gasteiger partial charge in [-0.3, -0.25) is 9.69 Å². The Morgan fingerprint density at radius 1 is 1.22 bits per heavy atom. The summed E-state index contributed by atoms with van der Waals surface area (Å²) in [6, 6.07) is 6.23. The molecule has 1 amide bonds. The van der Waals surface area contributed by atoms with E-state index in [-0.39, 0.29) is 5.91 Å². The molecule has 27 heavy (non-hydrogen) atoms. The summed E-state index contributed by atoms with van der Waals surface area (Å²) in [6.45, 7) is 11.4. The highest BCUT2D eigenvalue weighted by atomic mass is 79.9. The molecule has 2 unspecified atom stereocenters. The van der Waals surface area contributed by atoms with Crippen LogP contribution in [-0.4, -0.2) is 66.4 Å². The molecule has 0 saturated carbocycles. The second kappa shape index (κ2) is 9.77. The zero-order valence-corrected chi connectivity index (χ0v) is 19.0. The van der Waals surface area contributed by atoms with Gasteiger partial charge in [-0.2, -0.15) is 0 Å². The van der Waals surface area contributed by atoms with Gasteiger partial charge in [0.25, 0.3) is 0 Å². The van der Waals surface area contributed by atoms with Gasteiger partial charge in [-0.05, 0) is 63.3 Å². The third-order valence-corrected chi connectivity index (χ3v) is 7.12. The fourth-order valence-corrected chi connectivity index (χ4v) is 5.56. The van der Waals surface area contributed by atoms with E-state index in [1.54, 1.807) is 11.8 Å². The van der Waals surface area contributed by atoms with Crippen molar-refractivity contribution in [1.29, 1.82) is 0 Å². The monoisotopic (exact) mass is 454 g/mol. The van der Waals surface area contributed by atoms with Crippen LogP contribution in [0.25, 0.3) is 0 Å². The molecular weight excluding hydrogens is 424 g/mol. The highest BCUT2D eigenvalue weighted by Gasteiger charge is 2.27. The van der Waals surface area contributed by atoms with Crippen LogP contribution in [0.4, 0.5) is 0 Å². The van der Waals surface area contributed by atoms with E-state index in [1.165, 1.54) is 10.5 Å². The molecule has 3 rings (SSSR count). The Morgan fingerprint density at radius 3 is 2.52 bits per heavy atom. The van der Waals surface area contributed by atoms with Crippen molar-refractivity contribution in [2.75, 3.05) is 38.5 Å². The largest absolute Gasteiger partial charge is 0.373 e. The number of ether oxygens (including phenoxy) is 1. The van der Waals surface area contributed by atoms with Crippen LogP contribution in [0.3, 0.4) is 0 Å². The lowest BCUT2D eigenvalue weighted by molar-refractivity contribution is -0.129. The number of likely N-dealkylation sites (tertiary alicyclic amines) is 1. The lowest BCUT2D eigenvalue weighted by atomic mass is 9.95. The second-order valence-corrected chi connectivity index (χ2v) is 9.93. The van der Waals surface area contributed by atoms with E-state index in [9.17, 15) is 4.79 Å². The molecule has 2 aliphatic rings. The number of carbonyl (C=O) groups is 1. The Morgan fingerprint density at radius 2 is 1.89 bits per heavy atom. The topological polar surface area (TPSA) is 32.8 Å². The Bertz CT molecular complexity index is 639. The van der Waals surface area contributed by atoms with E-state index < -0.39 is 0 Å². The van der Waals surface area contributed by atoms with E-state index in [4.69, 9.17) is 4.74 Å². The predicted octanol–water partition coefficient (Wildman–Crippen LogP) is 4.20. The minimum Gasteiger partial charge on any atom is -0.373 e. The summed E-state index contributed by atoms with van der Waals surface area (Å²) in [6.07, 6.45) is 2.89. The van der Waals surface area contributed by atoms with Crippen LogP contribution in [0.1, 0.15) is 32.3 Å². The highest BCUT2D eigenvalue weighted by Crippen LogP contribution is 2.27. The molecule has 6 heteroatoms. The molecule has 0 aromatic heterocycles. The smallest absolute Gasteiger partial charge is 0.232 e. The molecular formula is C21H31BrN2O2S. The number of rotatable bonds is 5.